The number of ether oxygens (including phenoxy) is 1. The van der Waals surface area contributed by atoms with Gasteiger partial charge < -0.3 is 9.64 Å². The zero-order valence-electron chi connectivity index (χ0n) is 9.40. The summed E-state index contributed by atoms with van der Waals surface area (Å²) in [5.74, 6) is 0.623. The van der Waals surface area contributed by atoms with E-state index in [-0.39, 0.29) is 0 Å². The number of rotatable bonds is 4. The van der Waals surface area contributed by atoms with Crippen molar-refractivity contribution in [2.24, 2.45) is 0 Å². The molecule has 16 heavy (non-hydrogen) atoms. The zero-order valence-corrected chi connectivity index (χ0v) is 9.40. The van der Waals surface area contributed by atoms with Crippen molar-refractivity contribution in [3.05, 3.63) is 29.3 Å². The first-order valence-corrected chi connectivity index (χ1v) is 4.89. The molecule has 0 heterocycles. The summed E-state index contributed by atoms with van der Waals surface area (Å²) in [7, 11) is 3.92. The van der Waals surface area contributed by atoms with E-state index in [2.05, 4.69) is 0 Å². The third kappa shape index (κ3) is 3.27. The Morgan fingerprint density at radius 2 is 1.88 bits per heavy atom. The van der Waals surface area contributed by atoms with E-state index in [1.807, 2.05) is 31.1 Å². The maximum absolute atomic E-state index is 8.82. The average molecular weight is 215 g/mol. The highest BCUT2D eigenvalue weighted by Gasteiger charge is 2.03. The highest BCUT2D eigenvalue weighted by molar-refractivity contribution is 5.49. The number of hydrogen-bond donors (Lipinski definition) is 0. The molecular formula is C12H13N3O. The number of benzene rings is 1. The molecule has 0 amide bonds. The highest BCUT2D eigenvalue weighted by Crippen LogP contribution is 2.16. The van der Waals surface area contributed by atoms with Gasteiger partial charge in [0.25, 0.3) is 0 Å². The summed E-state index contributed by atoms with van der Waals surface area (Å²) in [6, 6.07) is 8.83. The Morgan fingerprint density at radius 1 is 1.19 bits per heavy atom. The quantitative estimate of drug-likeness (QED) is 0.761. The zero-order chi connectivity index (χ0) is 12.0. The van der Waals surface area contributed by atoms with Gasteiger partial charge >= 0.3 is 0 Å². The Kier molecular flexibility index (Phi) is 4.32. The van der Waals surface area contributed by atoms with Gasteiger partial charge in [0.15, 0.2) is 0 Å². The second-order valence-electron chi connectivity index (χ2n) is 3.58. The molecule has 0 aromatic heterocycles. The minimum absolute atomic E-state index is 0.352. The topological polar surface area (TPSA) is 60.0 Å². The molecule has 0 unspecified atom stereocenters. The highest BCUT2D eigenvalue weighted by atomic mass is 16.5. The predicted molar refractivity (Wildman–Crippen MR) is 59.9 cm³/mol. The Bertz CT molecular complexity index is 441. The van der Waals surface area contributed by atoms with Gasteiger partial charge in [0.1, 0.15) is 24.5 Å². The van der Waals surface area contributed by atoms with Crippen LogP contribution in [0.3, 0.4) is 0 Å². The van der Waals surface area contributed by atoms with Gasteiger partial charge in [0.2, 0.25) is 0 Å². The molecule has 82 valence electrons. The van der Waals surface area contributed by atoms with Crippen molar-refractivity contribution in [1.82, 2.24) is 4.90 Å². The van der Waals surface area contributed by atoms with Crippen molar-refractivity contribution in [2.75, 3.05) is 27.2 Å². The van der Waals surface area contributed by atoms with Crippen LogP contribution in [0.2, 0.25) is 0 Å². The van der Waals surface area contributed by atoms with Crippen LogP contribution in [0, 0.1) is 22.7 Å². The second kappa shape index (κ2) is 5.75. The molecule has 0 aliphatic rings. The molecule has 4 heteroatoms. The molecule has 0 bridgehead atoms. The maximum atomic E-state index is 8.82. The smallest absolute Gasteiger partial charge is 0.120 e. The van der Waals surface area contributed by atoms with Gasteiger partial charge in [-0.3, -0.25) is 0 Å². The van der Waals surface area contributed by atoms with Crippen molar-refractivity contribution >= 4 is 0 Å². The van der Waals surface area contributed by atoms with E-state index >= 15 is 0 Å². The number of hydrogen-bond acceptors (Lipinski definition) is 4. The monoisotopic (exact) mass is 215 g/mol. The van der Waals surface area contributed by atoms with Crippen LogP contribution in [0.1, 0.15) is 11.1 Å². The first-order valence-electron chi connectivity index (χ1n) is 4.89. The molecule has 0 aliphatic carbocycles. The molecule has 0 radical (unpaired) electrons. The van der Waals surface area contributed by atoms with Crippen LogP contribution in [0.5, 0.6) is 5.75 Å². The molecule has 0 aliphatic heterocycles. The van der Waals surface area contributed by atoms with Crippen LogP contribution >= 0.6 is 0 Å². The van der Waals surface area contributed by atoms with Crippen molar-refractivity contribution in [3.8, 4) is 17.9 Å². The number of nitrogens with zero attached hydrogens (tertiary/aromatic N) is 3. The molecule has 1 aromatic rings. The van der Waals surface area contributed by atoms with E-state index in [0.29, 0.717) is 23.5 Å². The van der Waals surface area contributed by atoms with Crippen LogP contribution in [-0.4, -0.2) is 32.1 Å². The van der Waals surface area contributed by atoms with Crippen molar-refractivity contribution in [2.45, 2.75) is 0 Å². The fourth-order valence-electron chi connectivity index (χ4n) is 1.15. The van der Waals surface area contributed by atoms with Crippen LogP contribution in [0.25, 0.3) is 0 Å². The summed E-state index contributed by atoms with van der Waals surface area (Å²) in [6.45, 7) is 1.37. The van der Waals surface area contributed by atoms with Crippen molar-refractivity contribution < 1.29 is 4.74 Å². The first-order chi connectivity index (χ1) is 7.67. The predicted octanol–water partition coefficient (Wildman–Crippen LogP) is 1.37. The summed E-state index contributed by atoms with van der Waals surface area (Å²) in [4.78, 5) is 2.01. The summed E-state index contributed by atoms with van der Waals surface area (Å²) >= 11 is 0. The summed E-state index contributed by atoms with van der Waals surface area (Å²) < 4.78 is 5.46. The third-order valence-corrected chi connectivity index (χ3v) is 2.04. The number of likely N-dealkylation sites (N-methyl/N-ethyl adjacent to an activating group) is 1. The standard InChI is InChI=1S/C12H13N3O/c1-15(2)5-6-16-12-4-3-10(8-13)11(7-12)9-14/h3-4,7H,5-6H2,1-2H3. The van der Waals surface area contributed by atoms with E-state index in [0.717, 1.165) is 6.54 Å². The van der Waals surface area contributed by atoms with Gasteiger partial charge in [-0.2, -0.15) is 10.5 Å². The minimum atomic E-state index is 0.352. The minimum Gasteiger partial charge on any atom is -0.492 e. The molecule has 1 rings (SSSR count). The Balaban J connectivity index is 2.70. The van der Waals surface area contributed by atoms with E-state index in [9.17, 15) is 0 Å². The van der Waals surface area contributed by atoms with E-state index in [1.54, 1.807) is 18.2 Å². The van der Waals surface area contributed by atoms with Gasteiger partial charge in [-0.1, -0.05) is 0 Å². The SMILES string of the molecule is CN(C)CCOc1ccc(C#N)c(C#N)c1. The van der Waals surface area contributed by atoms with Gasteiger partial charge in [0, 0.05) is 6.54 Å². The molecule has 0 spiro atoms. The fraction of sp³-hybridized carbons (Fsp3) is 0.333. The summed E-state index contributed by atoms with van der Waals surface area (Å²) in [5, 5.41) is 17.6. The van der Waals surface area contributed by atoms with Gasteiger partial charge in [0.05, 0.1) is 11.1 Å². The normalized spacial score (nSPS) is 9.56. The van der Waals surface area contributed by atoms with Crippen molar-refractivity contribution in [1.29, 1.82) is 10.5 Å². The van der Waals surface area contributed by atoms with Gasteiger partial charge in [-0.25, -0.2) is 0 Å². The van der Waals surface area contributed by atoms with Crippen LogP contribution < -0.4 is 4.74 Å². The largest absolute Gasteiger partial charge is 0.492 e. The summed E-state index contributed by atoms with van der Waals surface area (Å²) in [6.07, 6.45) is 0. The molecular weight excluding hydrogens is 202 g/mol. The van der Waals surface area contributed by atoms with Crippen LogP contribution in [0.4, 0.5) is 0 Å². The molecule has 0 saturated carbocycles. The molecule has 0 saturated heterocycles. The molecule has 0 atom stereocenters. The lowest BCUT2D eigenvalue weighted by Gasteiger charge is -2.11. The van der Waals surface area contributed by atoms with Crippen LogP contribution in [0.15, 0.2) is 18.2 Å². The molecule has 4 nitrogen and oxygen atoms in total. The Morgan fingerprint density at radius 3 is 2.44 bits per heavy atom. The van der Waals surface area contributed by atoms with E-state index in [4.69, 9.17) is 15.3 Å². The van der Waals surface area contributed by atoms with E-state index in [1.165, 1.54) is 0 Å². The third-order valence-electron chi connectivity index (χ3n) is 2.04. The maximum Gasteiger partial charge on any atom is 0.120 e. The Hall–Kier alpha value is -2.04. The second-order valence-corrected chi connectivity index (χ2v) is 3.58. The molecule has 0 N–H and O–H groups in total. The van der Waals surface area contributed by atoms with Crippen LogP contribution in [-0.2, 0) is 0 Å². The average Bonchev–Trinajstić information content (AvgIpc) is 2.28. The Labute approximate surface area is 95.3 Å². The van der Waals surface area contributed by atoms with Gasteiger partial charge in [-0.15, -0.1) is 0 Å². The lowest BCUT2D eigenvalue weighted by Crippen LogP contribution is -2.19. The lowest BCUT2D eigenvalue weighted by atomic mass is 10.1. The fourth-order valence-corrected chi connectivity index (χ4v) is 1.15. The first kappa shape index (κ1) is 12.0. The summed E-state index contributed by atoms with van der Waals surface area (Å²) in [5.41, 5.74) is 0.729. The van der Waals surface area contributed by atoms with Crippen molar-refractivity contribution in [3.63, 3.8) is 0 Å². The molecule has 1 aromatic carbocycles. The number of nitriles is 2. The lowest BCUT2D eigenvalue weighted by molar-refractivity contribution is 0.261. The van der Waals surface area contributed by atoms with E-state index < -0.39 is 0 Å². The molecule has 0 fully saturated rings. The van der Waals surface area contributed by atoms with Gasteiger partial charge in [-0.05, 0) is 32.3 Å².